The molecule has 0 spiro atoms. The zero-order valence-electron chi connectivity index (χ0n) is 15.7. The molecule has 0 unspecified atom stereocenters. The van der Waals surface area contributed by atoms with E-state index in [1.165, 1.54) is 6.07 Å². The van der Waals surface area contributed by atoms with E-state index in [0.29, 0.717) is 56.3 Å². The van der Waals surface area contributed by atoms with E-state index in [4.69, 9.17) is 4.74 Å². The number of hydrogen-bond acceptors (Lipinski definition) is 6. The lowest BCUT2D eigenvalue weighted by Gasteiger charge is -2.31. The van der Waals surface area contributed by atoms with Crippen molar-refractivity contribution in [3.8, 4) is 0 Å². The molecule has 0 saturated carbocycles. The summed E-state index contributed by atoms with van der Waals surface area (Å²) in [4.78, 5) is 23.8. The van der Waals surface area contributed by atoms with Crippen molar-refractivity contribution in [2.45, 2.75) is 32.5 Å². The van der Waals surface area contributed by atoms with Crippen LogP contribution in [0.5, 0.6) is 0 Å². The standard InChI is InChI=1S/C20H22F2N4O2/c1-2-28-20(27)17-7-13-3-5-25(11-14(13)10-23-17)16-8-18(22)24-19(9-16)26-6-4-15(21)12-26/h7-10,15H,2-6,11-12H2,1H3/t15-/m1/s1. The van der Waals surface area contributed by atoms with Gasteiger partial charge in [-0.05, 0) is 37.0 Å². The number of carbonyl (C=O) groups is 1. The second-order valence-electron chi connectivity index (χ2n) is 7.07. The molecule has 148 valence electrons. The van der Waals surface area contributed by atoms with Gasteiger partial charge < -0.3 is 14.5 Å². The van der Waals surface area contributed by atoms with Crippen LogP contribution in [-0.2, 0) is 17.7 Å². The molecule has 0 bridgehead atoms. The molecule has 0 aliphatic carbocycles. The van der Waals surface area contributed by atoms with Gasteiger partial charge in [-0.15, -0.1) is 0 Å². The maximum Gasteiger partial charge on any atom is 0.356 e. The molecule has 2 aliphatic heterocycles. The van der Waals surface area contributed by atoms with Gasteiger partial charge in [0.05, 0.1) is 13.2 Å². The van der Waals surface area contributed by atoms with Crippen molar-refractivity contribution in [2.24, 2.45) is 0 Å². The van der Waals surface area contributed by atoms with E-state index in [-0.39, 0.29) is 6.54 Å². The number of halogens is 2. The van der Waals surface area contributed by atoms with Crippen molar-refractivity contribution in [1.82, 2.24) is 9.97 Å². The Hall–Kier alpha value is -2.77. The summed E-state index contributed by atoms with van der Waals surface area (Å²) >= 11 is 0. The Morgan fingerprint density at radius 3 is 2.86 bits per heavy atom. The normalized spacial score (nSPS) is 18.9. The zero-order chi connectivity index (χ0) is 19.7. The second-order valence-corrected chi connectivity index (χ2v) is 7.07. The Morgan fingerprint density at radius 2 is 2.11 bits per heavy atom. The lowest BCUT2D eigenvalue weighted by Crippen LogP contribution is -2.31. The molecule has 0 N–H and O–H groups in total. The summed E-state index contributed by atoms with van der Waals surface area (Å²) in [6.07, 6.45) is 1.94. The Bertz CT molecular complexity index is 893. The number of aromatic nitrogens is 2. The lowest BCUT2D eigenvalue weighted by molar-refractivity contribution is 0.0519. The summed E-state index contributed by atoms with van der Waals surface area (Å²) in [5.41, 5.74) is 3.05. The first-order chi connectivity index (χ1) is 13.5. The van der Waals surface area contributed by atoms with Crippen molar-refractivity contribution < 1.29 is 18.3 Å². The van der Waals surface area contributed by atoms with Crippen LogP contribution in [0.1, 0.15) is 35.0 Å². The van der Waals surface area contributed by atoms with Crippen LogP contribution in [0, 0.1) is 5.95 Å². The first-order valence-electron chi connectivity index (χ1n) is 9.50. The third kappa shape index (κ3) is 3.76. The Kier molecular flexibility index (Phi) is 5.11. The zero-order valence-corrected chi connectivity index (χ0v) is 15.7. The number of ether oxygens (including phenoxy) is 1. The van der Waals surface area contributed by atoms with E-state index in [9.17, 15) is 13.6 Å². The summed E-state index contributed by atoms with van der Waals surface area (Å²) in [7, 11) is 0. The van der Waals surface area contributed by atoms with Gasteiger partial charge in [-0.25, -0.2) is 19.2 Å². The number of nitrogens with zero attached hydrogens (tertiary/aromatic N) is 4. The van der Waals surface area contributed by atoms with E-state index in [2.05, 4.69) is 9.97 Å². The number of esters is 1. The van der Waals surface area contributed by atoms with Crippen molar-refractivity contribution in [1.29, 1.82) is 0 Å². The third-order valence-electron chi connectivity index (χ3n) is 5.16. The average Bonchev–Trinajstić information content (AvgIpc) is 3.13. The maximum atomic E-state index is 14.1. The molecule has 2 aromatic heterocycles. The van der Waals surface area contributed by atoms with Crippen molar-refractivity contribution in [2.75, 3.05) is 36.0 Å². The van der Waals surface area contributed by atoms with Crippen molar-refractivity contribution >= 4 is 17.5 Å². The summed E-state index contributed by atoms with van der Waals surface area (Å²) in [5.74, 6) is -0.529. The van der Waals surface area contributed by atoms with Crippen LogP contribution in [0.15, 0.2) is 24.4 Å². The van der Waals surface area contributed by atoms with Gasteiger partial charge in [0.15, 0.2) is 0 Å². The predicted molar refractivity (Wildman–Crippen MR) is 101 cm³/mol. The van der Waals surface area contributed by atoms with Gasteiger partial charge in [-0.1, -0.05) is 0 Å². The third-order valence-corrected chi connectivity index (χ3v) is 5.16. The number of alkyl halides is 1. The molecule has 1 saturated heterocycles. The smallest absolute Gasteiger partial charge is 0.356 e. The second kappa shape index (κ2) is 7.69. The number of pyridine rings is 2. The molecule has 8 heteroatoms. The summed E-state index contributed by atoms with van der Waals surface area (Å²) in [5, 5.41) is 0. The lowest BCUT2D eigenvalue weighted by atomic mass is 10.0. The molecule has 1 atom stereocenters. The molecule has 2 aliphatic rings. The van der Waals surface area contributed by atoms with Gasteiger partial charge in [0.2, 0.25) is 5.95 Å². The fourth-order valence-corrected chi connectivity index (χ4v) is 3.72. The average molecular weight is 388 g/mol. The van der Waals surface area contributed by atoms with E-state index >= 15 is 0 Å². The van der Waals surface area contributed by atoms with Gasteiger partial charge in [0.25, 0.3) is 0 Å². The number of carbonyl (C=O) groups excluding carboxylic acids is 1. The topological polar surface area (TPSA) is 58.6 Å². The fraction of sp³-hybridized carbons (Fsp3) is 0.450. The summed E-state index contributed by atoms with van der Waals surface area (Å²) < 4.78 is 32.6. The van der Waals surface area contributed by atoms with Gasteiger partial charge >= 0.3 is 5.97 Å². The molecule has 4 heterocycles. The molecule has 6 nitrogen and oxygen atoms in total. The van der Waals surface area contributed by atoms with Gasteiger partial charge in [-0.2, -0.15) is 4.39 Å². The first kappa shape index (κ1) is 18.6. The molecule has 4 rings (SSSR count). The SMILES string of the molecule is CCOC(=O)c1cc2c(cn1)CN(c1cc(F)nc(N3CC[C@@H](F)C3)c1)CC2. The Balaban J connectivity index is 1.54. The molecule has 1 fully saturated rings. The molecular weight excluding hydrogens is 366 g/mol. The van der Waals surface area contributed by atoms with Gasteiger partial charge in [0.1, 0.15) is 17.7 Å². The summed E-state index contributed by atoms with van der Waals surface area (Å²) in [6.45, 7) is 4.08. The highest BCUT2D eigenvalue weighted by Gasteiger charge is 2.25. The van der Waals surface area contributed by atoms with Crippen LogP contribution in [0.3, 0.4) is 0 Å². The minimum absolute atomic E-state index is 0.249. The first-order valence-corrected chi connectivity index (χ1v) is 9.50. The molecule has 0 amide bonds. The largest absolute Gasteiger partial charge is 0.461 e. The molecular formula is C20H22F2N4O2. The monoisotopic (exact) mass is 388 g/mol. The highest BCUT2D eigenvalue weighted by molar-refractivity contribution is 5.87. The quantitative estimate of drug-likeness (QED) is 0.593. The summed E-state index contributed by atoms with van der Waals surface area (Å²) in [6, 6.07) is 4.99. The highest BCUT2D eigenvalue weighted by atomic mass is 19.1. The fourth-order valence-electron chi connectivity index (χ4n) is 3.72. The number of hydrogen-bond donors (Lipinski definition) is 0. The number of fused-ring (bicyclic) bond motifs is 1. The number of anilines is 2. The maximum absolute atomic E-state index is 14.1. The Labute approximate surface area is 162 Å². The van der Waals surface area contributed by atoms with Crippen molar-refractivity contribution in [3.05, 3.63) is 47.2 Å². The van der Waals surface area contributed by atoms with Crippen LogP contribution < -0.4 is 9.80 Å². The van der Waals surface area contributed by atoms with Crippen LogP contribution in [0.25, 0.3) is 0 Å². The Morgan fingerprint density at radius 1 is 1.25 bits per heavy atom. The minimum atomic E-state index is -0.893. The molecule has 0 radical (unpaired) electrons. The van der Waals surface area contributed by atoms with Crippen molar-refractivity contribution in [3.63, 3.8) is 0 Å². The molecule has 28 heavy (non-hydrogen) atoms. The molecule has 2 aromatic rings. The predicted octanol–water partition coefficient (Wildman–Crippen LogP) is 2.90. The van der Waals surface area contributed by atoms with E-state index in [1.54, 1.807) is 24.1 Å². The van der Waals surface area contributed by atoms with E-state index in [0.717, 1.165) is 11.1 Å². The van der Waals surface area contributed by atoms with Gasteiger partial charge in [-0.3, -0.25) is 0 Å². The van der Waals surface area contributed by atoms with E-state index < -0.39 is 18.1 Å². The van der Waals surface area contributed by atoms with Crippen LogP contribution >= 0.6 is 0 Å². The minimum Gasteiger partial charge on any atom is -0.461 e. The van der Waals surface area contributed by atoms with Crippen LogP contribution in [-0.4, -0.2) is 48.4 Å². The molecule has 0 aromatic carbocycles. The highest BCUT2D eigenvalue weighted by Crippen LogP contribution is 2.29. The van der Waals surface area contributed by atoms with Crippen LogP contribution in [0.4, 0.5) is 20.3 Å². The van der Waals surface area contributed by atoms with E-state index in [1.807, 2.05) is 11.0 Å². The van der Waals surface area contributed by atoms with Gasteiger partial charge in [0, 0.05) is 43.7 Å². The number of rotatable bonds is 4. The van der Waals surface area contributed by atoms with Crippen LogP contribution in [0.2, 0.25) is 0 Å².